The van der Waals surface area contributed by atoms with Gasteiger partial charge in [0.05, 0.1) is 31.0 Å². The summed E-state index contributed by atoms with van der Waals surface area (Å²) in [7, 11) is 2.80. The summed E-state index contributed by atoms with van der Waals surface area (Å²) in [6.07, 6.45) is -4.55. The van der Waals surface area contributed by atoms with E-state index in [1.54, 1.807) is 0 Å². The third-order valence-electron chi connectivity index (χ3n) is 4.18. The van der Waals surface area contributed by atoms with Crippen LogP contribution in [0.2, 0.25) is 0 Å². The van der Waals surface area contributed by atoms with E-state index in [1.165, 1.54) is 32.4 Å². The molecule has 0 saturated heterocycles. The summed E-state index contributed by atoms with van der Waals surface area (Å²) in [5.74, 6) is -2.06. The highest BCUT2D eigenvalue weighted by molar-refractivity contribution is 6.44. The Labute approximate surface area is 157 Å². The standard InChI is InChI=1S/C19H14F3NO5/c1-27-13-8-3-10(9-14(13)28-2)15-16(24)18(26)23(17(15)25)12-6-4-11(5-7-12)19(20,21)22/h3-9,24H,1-2H3. The van der Waals surface area contributed by atoms with Gasteiger partial charge in [-0.1, -0.05) is 6.07 Å². The number of carbonyl (C=O) groups is 2. The van der Waals surface area contributed by atoms with E-state index in [0.29, 0.717) is 10.6 Å². The van der Waals surface area contributed by atoms with Gasteiger partial charge in [-0.15, -0.1) is 0 Å². The van der Waals surface area contributed by atoms with Crippen molar-refractivity contribution in [2.75, 3.05) is 19.1 Å². The molecule has 0 aliphatic carbocycles. The zero-order valence-corrected chi connectivity index (χ0v) is 14.7. The second-order valence-corrected chi connectivity index (χ2v) is 5.78. The molecule has 9 heteroatoms. The maximum absolute atomic E-state index is 12.8. The summed E-state index contributed by atoms with van der Waals surface area (Å²) >= 11 is 0. The minimum atomic E-state index is -4.55. The fraction of sp³-hybridized carbons (Fsp3) is 0.158. The van der Waals surface area contributed by atoms with Gasteiger partial charge in [-0.2, -0.15) is 13.2 Å². The smallest absolute Gasteiger partial charge is 0.416 e. The van der Waals surface area contributed by atoms with Crippen molar-refractivity contribution in [1.82, 2.24) is 0 Å². The van der Waals surface area contributed by atoms with Gasteiger partial charge in [0.25, 0.3) is 5.91 Å². The number of benzene rings is 2. The Bertz CT molecular complexity index is 980. The Morgan fingerprint density at radius 3 is 2.04 bits per heavy atom. The number of methoxy groups -OCH3 is 2. The predicted octanol–water partition coefficient (Wildman–Crippen LogP) is 3.57. The molecule has 0 saturated carbocycles. The number of ether oxygens (including phenoxy) is 2. The summed E-state index contributed by atoms with van der Waals surface area (Å²) in [4.78, 5) is 25.7. The highest BCUT2D eigenvalue weighted by atomic mass is 19.4. The molecule has 1 heterocycles. The van der Waals surface area contributed by atoms with Gasteiger partial charge in [0, 0.05) is 0 Å². The molecule has 3 rings (SSSR count). The fourth-order valence-electron chi connectivity index (χ4n) is 2.80. The molecular weight excluding hydrogens is 379 g/mol. The third-order valence-corrected chi connectivity index (χ3v) is 4.18. The van der Waals surface area contributed by atoms with Crippen molar-refractivity contribution in [1.29, 1.82) is 0 Å². The number of anilines is 1. The number of carbonyl (C=O) groups excluding carboxylic acids is 2. The predicted molar refractivity (Wildman–Crippen MR) is 93.0 cm³/mol. The molecule has 6 nitrogen and oxygen atoms in total. The van der Waals surface area contributed by atoms with Gasteiger partial charge in [0.15, 0.2) is 17.3 Å². The lowest BCUT2D eigenvalue weighted by Crippen LogP contribution is -2.31. The third kappa shape index (κ3) is 3.15. The van der Waals surface area contributed by atoms with E-state index in [4.69, 9.17) is 9.47 Å². The molecule has 146 valence electrons. The first-order valence-electron chi connectivity index (χ1n) is 7.90. The van der Waals surface area contributed by atoms with Crippen LogP contribution in [0.4, 0.5) is 18.9 Å². The zero-order valence-electron chi connectivity index (χ0n) is 14.7. The van der Waals surface area contributed by atoms with E-state index in [1.807, 2.05) is 0 Å². The maximum Gasteiger partial charge on any atom is 0.416 e. The molecular formula is C19H14F3NO5. The number of amides is 2. The minimum absolute atomic E-state index is 0.0926. The number of aliphatic hydroxyl groups excluding tert-OH is 1. The van der Waals surface area contributed by atoms with Gasteiger partial charge in [-0.25, -0.2) is 4.90 Å². The summed E-state index contributed by atoms with van der Waals surface area (Å²) < 4.78 is 48.4. The number of rotatable bonds is 4. The monoisotopic (exact) mass is 393 g/mol. The Balaban J connectivity index is 1.99. The summed E-state index contributed by atoms with van der Waals surface area (Å²) in [5, 5.41) is 10.2. The molecule has 1 aliphatic heterocycles. The lowest BCUT2D eigenvalue weighted by molar-refractivity contribution is -0.137. The first kappa shape index (κ1) is 19.3. The SMILES string of the molecule is COc1ccc(C2=C(O)C(=O)N(c3ccc(C(F)(F)F)cc3)C2=O)cc1OC. The van der Waals surface area contributed by atoms with Gasteiger partial charge >= 0.3 is 12.1 Å². The van der Waals surface area contributed by atoms with E-state index < -0.39 is 29.3 Å². The van der Waals surface area contributed by atoms with Gasteiger partial charge in [-0.05, 0) is 42.0 Å². The quantitative estimate of drug-likeness (QED) is 0.804. The molecule has 0 bridgehead atoms. The average Bonchev–Trinajstić information content (AvgIpc) is 2.89. The highest BCUT2D eigenvalue weighted by Crippen LogP contribution is 2.37. The van der Waals surface area contributed by atoms with Crippen LogP contribution in [-0.4, -0.2) is 31.1 Å². The summed E-state index contributed by atoms with van der Waals surface area (Å²) in [6, 6.07) is 7.84. The van der Waals surface area contributed by atoms with Crippen molar-refractivity contribution in [3.05, 3.63) is 59.4 Å². The second kappa shape index (κ2) is 6.91. The van der Waals surface area contributed by atoms with E-state index in [9.17, 15) is 27.9 Å². The molecule has 0 radical (unpaired) electrons. The van der Waals surface area contributed by atoms with Gasteiger partial charge in [0.1, 0.15) is 0 Å². The Hall–Kier alpha value is -3.49. The number of hydrogen-bond donors (Lipinski definition) is 1. The van der Waals surface area contributed by atoms with Crippen LogP contribution in [0.15, 0.2) is 48.2 Å². The molecule has 0 atom stereocenters. The van der Waals surface area contributed by atoms with Crippen LogP contribution >= 0.6 is 0 Å². The summed E-state index contributed by atoms with van der Waals surface area (Å²) in [6.45, 7) is 0. The number of hydrogen-bond acceptors (Lipinski definition) is 5. The molecule has 2 amide bonds. The van der Waals surface area contributed by atoms with Crippen LogP contribution in [0.5, 0.6) is 11.5 Å². The van der Waals surface area contributed by atoms with Crippen LogP contribution in [0.1, 0.15) is 11.1 Å². The van der Waals surface area contributed by atoms with E-state index >= 15 is 0 Å². The first-order chi connectivity index (χ1) is 13.2. The van der Waals surface area contributed by atoms with Crippen molar-refractivity contribution in [3.63, 3.8) is 0 Å². The van der Waals surface area contributed by atoms with Crippen LogP contribution in [0.3, 0.4) is 0 Å². The van der Waals surface area contributed by atoms with Gasteiger partial charge in [0.2, 0.25) is 0 Å². The Kier molecular flexibility index (Phi) is 4.76. The van der Waals surface area contributed by atoms with E-state index in [0.717, 1.165) is 24.3 Å². The highest BCUT2D eigenvalue weighted by Gasteiger charge is 2.41. The van der Waals surface area contributed by atoms with Crippen molar-refractivity contribution >= 4 is 23.1 Å². The number of nitrogens with zero attached hydrogens (tertiary/aromatic N) is 1. The van der Waals surface area contributed by atoms with E-state index in [-0.39, 0.29) is 22.6 Å². The van der Waals surface area contributed by atoms with Gasteiger partial charge in [-0.3, -0.25) is 9.59 Å². The Morgan fingerprint density at radius 2 is 1.50 bits per heavy atom. The van der Waals surface area contributed by atoms with Crippen LogP contribution in [0.25, 0.3) is 5.57 Å². The largest absolute Gasteiger partial charge is 0.502 e. The van der Waals surface area contributed by atoms with Gasteiger partial charge < -0.3 is 14.6 Å². The number of aliphatic hydroxyl groups is 1. The topological polar surface area (TPSA) is 76.1 Å². The fourth-order valence-corrected chi connectivity index (χ4v) is 2.80. The molecule has 0 aromatic heterocycles. The van der Waals surface area contributed by atoms with Crippen molar-refractivity contribution in [2.24, 2.45) is 0 Å². The maximum atomic E-state index is 12.8. The van der Waals surface area contributed by atoms with Crippen molar-refractivity contribution in [2.45, 2.75) is 6.18 Å². The van der Waals surface area contributed by atoms with Crippen molar-refractivity contribution < 1.29 is 37.3 Å². The average molecular weight is 393 g/mol. The van der Waals surface area contributed by atoms with Crippen molar-refractivity contribution in [3.8, 4) is 11.5 Å². The molecule has 28 heavy (non-hydrogen) atoms. The molecule has 0 spiro atoms. The zero-order chi connectivity index (χ0) is 20.6. The minimum Gasteiger partial charge on any atom is -0.502 e. The second-order valence-electron chi connectivity index (χ2n) is 5.78. The number of imide groups is 1. The first-order valence-corrected chi connectivity index (χ1v) is 7.90. The Morgan fingerprint density at radius 1 is 0.893 bits per heavy atom. The lowest BCUT2D eigenvalue weighted by Gasteiger charge is -2.16. The van der Waals surface area contributed by atoms with Crippen LogP contribution in [-0.2, 0) is 15.8 Å². The van der Waals surface area contributed by atoms with E-state index in [2.05, 4.69) is 0 Å². The van der Waals surface area contributed by atoms with Crippen LogP contribution in [0, 0.1) is 0 Å². The summed E-state index contributed by atoms with van der Waals surface area (Å²) in [5.41, 5.74) is -1.11. The molecule has 2 aromatic rings. The lowest BCUT2D eigenvalue weighted by atomic mass is 10.0. The van der Waals surface area contributed by atoms with Crippen LogP contribution < -0.4 is 14.4 Å². The number of alkyl halides is 3. The molecule has 0 unspecified atom stereocenters. The molecule has 2 aromatic carbocycles. The molecule has 1 N–H and O–H groups in total. The number of halogens is 3. The molecule has 0 fully saturated rings. The molecule has 1 aliphatic rings. The normalized spacial score (nSPS) is 14.7.